The van der Waals surface area contributed by atoms with Crippen molar-refractivity contribution >= 4 is 11.0 Å². The molecule has 0 aliphatic carbocycles. The molecule has 2 aromatic heterocycles. The average molecular weight is 369 g/mol. The summed E-state index contributed by atoms with van der Waals surface area (Å²) in [6.07, 6.45) is 1.85. The van der Waals surface area contributed by atoms with Crippen molar-refractivity contribution in [1.29, 1.82) is 0 Å². The van der Waals surface area contributed by atoms with Crippen LogP contribution in [0.15, 0.2) is 24.3 Å². The highest BCUT2D eigenvalue weighted by Gasteiger charge is 2.25. The van der Waals surface area contributed by atoms with Crippen molar-refractivity contribution in [2.45, 2.75) is 45.6 Å². The molecule has 1 fully saturated rings. The van der Waals surface area contributed by atoms with Gasteiger partial charge in [-0.05, 0) is 51.8 Å². The smallest absolute Gasteiger partial charge is 0.135 e. The Balaban J connectivity index is 1.95. The SMILES string of the molecule is Cc1nc2cc([C@H]3CCO[C@@H](C)C3)nc(-c3ccc(F)cc3F)c2nc1C. The van der Waals surface area contributed by atoms with Gasteiger partial charge in [0.05, 0.1) is 23.0 Å². The summed E-state index contributed by atoms with van der Waals surface area (Å²) in [6.45, 7) is 6.47. The standard InChI is InChI=1S/C21H21F2N3O/c1-11-8-14(6-7-27-11)18-10-19-21(25-13(3)12(2)24-19)20(26-18)16-5-4-15(22)9-17(16)23/h4-5,9-11,14H,6-8H2,1-3H3/t11-,14-/m0/s1. The second kappa shape index (κ2) is 6.93. The lowest BCUT2D eigenvalue weighted by Gasteiger charge is -2.27. The molecule has 3 heterocycles. The number of hydrogen-bond acceptors (Lipinski definition) is 4. The average Bonchev–Trinajstić information content (AvgIpc) is 2.62. The number of aromatic nitrogens is 3. The number of benzene rings is 1. The molecule has 0 saturated carbocycles. The van der Waals surface area contributed by atoms with Gasteiger partial charge in [-0.1, -0.05) is 0 Å². The predicted molar refractivity (Wildman–Crippen MR) is 99.5 cm³/mol. The number of aryl methyl sites for hydroxylation is 2. The summed E-state index contributed by atoms with van der Waals surface area (Å²) < 4.78 is 33.6. The monoisotopic (exact) mass is 369 g/mol. The van der Waals surface area contributed by atoms with Crippen molar-refractivity contribution in [3.8, 4) is 11.3 Å². The van der Waals surface area contributed by atoms with Crippen LogP contribution in [0.4, 0.5) is 8.78 Å². The number of rotatable bonds is 2. The van der Waals surface area contributed by atoms with Crippen molar-refractivity contribution in [2.75, 3.05) is 6.61 Å². The fourth-order valence-corrected chi connectivity index (χ4v) is 3.59. The van der Waals surface area contributed by atoms with E-state index in [1.165, 1.54) is 12.1 Å². The third-order valence-electron chi connectivity index (χ3n) is 5.17. The van der Waals surface area contributed by atoms with Crippen molar-refractivity contribution in [3.63, 3.8) is 0 Å². The Hall–Kier alpha value is -2.47. The topological polar surface area (TPSA) is 47.9 Å². The van der Waals surface area contributed by atoms with Gasteiger partial charge in [0.2, 0.25) is 0 Å². The zero-order valence-corrected chi connectivity index (χ0v) is 15.6. The summed E-state index contributed by atoms with van der Waals surface area (Å²) in [5.74, 6) is -1.06. The van der Waals surface area contributed by atoms with Crippen LogP contribution in [0.3, 0.4) is 0 Å². The maximum absolute atomic E-state index is 14.5. The minimum Gasteiger partial charge on any atom is -0.378 e. The maximum atomic E-state index is 14.5. The molecule has 4 rings (SSSR count). The fraction of sp³-hybridized carbons (Fsp3) is 0.381. The van der Waals surface area contributed by atoms with Gasteiger partial charge in [-0.2, -0.15) is 0 Å². The van der Waals surface area contributed by atoms with Gasteiger partial charge in [0.25, 0.3) is 0 Å². The van der Waals surface area contributed by atoms with Gasteiger partial charge >= 0.3 is 0 Å². The fourth-order valence-electron chi connectivity index (χ4n) is 3.59. The summed E-state index contributed by atoms with van der Waals surface area (Å²) in [7, 11) is 0. The molecule has 4 nitrogen and oxygen atoms in total. The van der Waals surface area contributed by atoms with E-state index in [0.717, 1.165) is 36.0 Å². The molecule has 1 aliphatic heterocycles. The quantitative estimate of drug-likeness (QED) is 0.647. The minimum atomic E-state index is -0.652. The van der Waals surface area contributed by atoms with Gasteiger partial charge in [-0.3, -0.25) is 0 Å². The summed E-state index contributed by atoms with van der Waals surface area (Å²) in [4.78, 5) is 14.0. The van der Waals surface area contributed by atoms with Crippen LogP contribution in [0.25, 0.3) is 22.3 Å². The highest BCUT2D eigenvalue weighted by atomic mass is 19.1. The zero-order chi connectivity index (χ0) is 19.1. The van der Waals surface area contributed by atoms with E-state index in [1.807, 2.05) is 26.8 Å². The molecule has 0 bridgehead atoms. The zero-order valence-electron chi connectivity index (χ0n) is 15.6. The first-order valence-electron chi connectivity index (χ1n) is 9.15. The third-order valence-corrected chi connectivity index (χ3v) is 5.17. The lowest BCUT2D eigenvalue weighted by molar-refractivity contribution is 0.0180. The summed E-state index contributed by atoms with van der Waals surface area (Å²) in [6, 6.07) is 5.48. The first kappa shape index (κ1) is 17.9. The van der Waals surface area contributed by atoms with Crippen LogP contribution < -0.4 is 0 Å². The molecular formula is C21H21F2N3O. The van der Waals surface area contributed by atoms with E-state index < -0.39 is 11.6 Å². The lowest BCUT2D eigenvalue weighted by Crippen LogP contribution is -2.22. The van der Waals surface area contributed by atoms with Gasteiger partial charge in [0.15, 0.2) is 0 Å². The van der Waals surface area contributed by atoms with Crippen LogP contribution >= 0.6 is 0 Å². The molecule has 6 heteroatoms. The molecule has 1 saturated heterocycles. The van der Waals surface area contributed by atoms with E-state index in [1.54, 1.807) is 0 Å². The van der Waals surface area contributed by atoms with E-state index >= 15 is 0 Å². The Morgan fingerprint density at radius 3 is 2.56 bits per heavy atom. The Morgan fingerprint density at radius 2 is 1.81 bits per heavy atom. The molecule has 0 spiro atoms. The van der Waals surface area contributed by atoms with E-state index in [-0.39, 0.29) is 17.6 Å². The number of fused-ring (bicyclic) bond motifs is 1. The van der Waals surface area contributed by atoms with Crippen LogP contribution in [-0.4, -0.2) is 27.7 Å². The normalized spacial score (nSPS) is 20.2. The Labute approximate surface area is 156 Å². The number of pyridine rings is 1. The molecule has 0 unspecified atom stereocenters. The molecule has 2 atom stereocenters. The Morgan fingerprint density at radius 1 is 1.04 bits per heavy atom. The van der Waals surface area contributed by atoms with Crippen molar-refractivity contribution in [3.05, 3.63) is 53.0 Å². The third kappa shape index (κ3) is 3.41. The number of halogens is 2. The largest absolute Gasteiger partial charge is 0.378 e. The molecule has 3 aromatic rings. The maximum Gasteiger partial charge on any atom is 0.135 e. The van der Waals surface area contributed by atoms with Crippen LogP contribution in [0.5, 0.6) is 0 Å². The molecule has 0 radical (unpaired) electrons. The lowest BCUT2D eigenvalue weighted by atomic mass is 9.91. The van der Waals surface area contributed by atoms with E-state index in [4.69, 9.17) is 9.72 Å². The number of nitrogens with zero attached hydrogens (tertiary/aromatic N) is 3. The predicted octanol–water partition coefficient (Wildman–Crippen LogP) is 4.87. The van der Waals surface area contributed by atoms with Crippen LogP contribution in [0.2, 0.25) is 0 Å². The van der Waals surface area contributed by atoms with Crippen LogP contribution in [0, 0.1) is 25.5 Å². The molecule has 1 aromatic carbocycles. The van der Waals surface area contributed by atoms with Gasteiger partial charge in [-0.25, -0.2) is 23.7 Å². The minimum absolute atomic E-state index is 0.151. The summed E-state index contributed by atoms with van der Waals surface area (Å²) in [5, 5.41) is 0. The second-order valence-electron chi connectivity index (χ2n) is 7.18. The second-order valence-corrected chi connectivity index (χ2v) is 7.18. The van der Waals surface area contributed by atoms with Crippen LogP contribution in [0.1, 0.15) is 42.8 Å². The highest BCUT2D eigenvalue weighted by molar-refractivity contribution is 5.89. The Kier molecular flexibility index (Phi) is 4.60. The Bertz CT molecular complexity index is 1020. The molecule has 27 heavy (non-hydrogen) atoms. The van der Waals surface area contributed by atoms with Gasteiger partial charge in [-0.15, -0.1) is 0 Å². The molecular weight excluding hydrogens is 348 g/mol. The van der Waals surface area contributed by atoms with E-state index in [2.05, 4.69) is 9.97 Å². The molecule has 1 aliphatic rings. The number of hydrogen-bond donors (Lipinski definition) is 0. The van der Waals surface area contributed by atoms with Gasteiger partial charge in [0, 0.05) is 29.8 Å². The molecule has 0 amide bonds. The van der Waals surface area contributed by atoms with Gasteiger partial charge in [0.1, 0.15) is 22.8 Å². The van der Waals surface area contributed by atoms with Crippen LogP contribution in [-0.2, 0) is 4.74 Å². The molecule has 0 N–H and O–H groups in total. The van der Waals surface area contributed by atoms with Gasteiger partial charge < -0.3 is 4.74 Å². The van der Waals surface area contributed by atoms with Crippen molar-refractivity contribution in [1.82, 2.24) is 15.0 Å². The first-order chi connectivity index (χ1) is 12.9. The first-order valence-corrected chi connectivity index (χ1v) is 9.15. The summed E-state index contributed by atoms with van der Waals surface area (Å²) in [5.41, 5.74) is 4.31. The van der Waals surface area contributed by atoms with Crippen molar-refractivity contribution < 1.29 is 13.5 Å². The summed E-state index contributed by atoms with van der Waals surface area (Å²) >= 11 is 0. The van der Waals surface area contributed by atoms with E-state index in [0.29, 0.717) is 23.3 Å². The number of ether oxygens (including phenoxy) is 1. The van der Waals surface area contributed by atoms with E-state index in [9.17, 15) is 8.78 Å². The highest BCUT2D eigenvalue weighted by Crippen LogP contribution is 2.34. The van der Waals surface area contributed by atoms with Crippen molar-refractivity contribution in [2.24, 2.45) is 0 Å². The molecule has 140 valence electrons.